The van der Waals surface area contributed by atoms with Crippen molar-refractivity contribution in [1.82, 2.24) is 15.3 Å². The maximum Gasteiger partial charge on any atom is 0.232 e. The van der Waals surface area contributed by atoms with Crippen LogP contribution < -0.4 is 20.4 Å². The van der Waals surface area contributed by atoms with Gasteiger partial charge in [0.25, 0.3) is 0 Å². The van der Waals surface area contributed by atoms with Crippen LogP contribution in [0.2, 0.25) is 0 Å². The number of benzene rings is 2. The van der Waals surface area contributed by atoms with E-state index in [9.17, 15) is 0 Å². The Bertz CT molecular complexity index is 1070. The Balaban J connectivity index is 1.28. The molecular formula is C26H28N6S. The minimum atomic E-state index is 0.453. The Morgan fingerprint density at radius 3 is 1.67 bits per heavy atom. The lowest BCUT2D eigenvalue weighted by molar-refractivity contribution is 0.634. The van der Waals surface area contributed by atoms with E-state index in [0.29, 0.717) is 17.1 Å². The summed E-state index contributed by atoms with van der Waals surface area (Å²) in [6, 6.07) is 19.8. The number of rotatable bonds is 4. The summed E-state index contributed by atoms with van der Waals surface area (Å²) >= 11 is 5.61. The average molecular weight is 457 g/mol. The minimum Gasteiger partial charge on any atom is -0.360 e. The Hall–Kier alpha value is -3.19. The van der Waals surface area contributed by atoms with Crippen molar-refractivity contribution >= 4 is 34.9 Å². The third-order valence-corrected chi connectivity index (χ3v) is 7.16. The van der Waals surface area contributed by atoms with E-state index in [1.807, 2.05) is 0 Å². The summed E-state index contributed by atoms with van der Waals surface area (Å²) in [6.45, 7) is 3.43. The molecule has 3 aliphatic rings. The molecule has 6 rings (SSSR count). The molecule has 168 valence electrons. The highest BCUT2D eigenvalue weighted by Crippen LogP contribution is 2.32. The van der Waals surface area contributed by atoms with Crippen molar-refractivity contribution in [3.63, 3.8) is 0 Å². The molecule has 0 radical (unpaired) electrons. The van der Waals surface area contributed by atoms with Crippen LogP contribution in [0.15, 0.2) is 54.6 Å². The Labute approximate surface area is 200 Å². The predicted octanol–water partition coefficient (Wildman–Crippen LogP) is 4.75. The lowest BCUT2D eigenvalue weighted by Crippen LogP contribution is -2.36. The van der Waals surface area contributed by atoms with Gasteiger partial charge in [-0.15, -0.1) is 0 Å². The SMILES string of the molecule is S=C(Nc1nc(N2Cc3ccccc3C2)cc(N2Cc3ccccc3C2)n1)NC1CCCC1. The largest absolute Gasteiger partial charge is 0.360 e. The summed E-state index contributed by atoms with van der Waals surface area (Å²) in [7, 11) is 0. The average Bonchev–Trinajstić information content (AvgIpc) is 3.57. The molecule has 0 bridgehead atoms. The molecule has 0 saturated heterocycles. The second kappa shape index (κ2) is 8.63. The molecule has 0 unspecified atom stereocenters. The van der Waals surface area contributed by atoms with E-state index in [4.69, 9.17) is 22.2 Å². The highest BCUT2D eigenvalue weighted by molar-refractivity contribution is 7.80. The summed E-state index contributed by atoms with van der Waals surface area (Å²) in [6.07, 6.45) is 4.88. The number of hydrogen-bond donors (Lipinski definition) is 2. The quantitative estimate of drug-likeness (QED) is 0.550. The molecule has 2 aromatic carbocycles. The number of aromatic nitrogens is 2. The van der Waals surface area contributed by atoms with Crippen molar-refractivity contribution in [2.24, 2.45) is 0 Å². The fraction of sp³-hybridized carbons (Fsp3) is 0.346. The van der Waals surface area contributed by atoms with Gasteiger partial charge >= 0.3 is 0 Å². The second-order valence-corrected chi connectivity index (χ2v) is 9.65. The highest BCUT2D eigenvalue weighted by atomic mass is 32.1. The normalized spacial score (nSPS) is 17.2. The maximum atomic E-state index is 5.61. The molecule has 6 nitrogen and oxygen atoms in total. The zero-order valence-electron chi connectivity index (χ0n) is 18.6. The standard InChI is InChI=1S/C26H28N6S/c33-26(27-22-11-5-6-12-22)30-25-28-23(31-14-18-7-1-2-8-19(18)15-31)13-24(29-25)32-16-20-9-3-4-10-21(20)17-32/h1-4,7-10,13,22H,5-6,11-12,14-17H2,(H2,27,28,29,30,33). The molecule has 33 heavy (non-hydrogen) atoms. The van der Waals surface area contributed by atoms with Gasteiger partial charge < -0.3 is 20.4 Å². The van der Waals surface area contributed by atoms with Crippen LogP contribution in [0, 0.1) is 0 Å². The van der Waals surface area contributed by atoms with E-state index >= 15 is 0 Å². The fourth-order valence-corrected chi connectivity index (χ4v) is 5.44. The van der Waals surface area contributed by atoms with Crippen LogP contribution in [-0.4, -0.2) is 21.1 Å². The second-order valence-electron chi connectivity index (χ2n) is 9.24. The van der Waals surface area contributed by atoms with Gasteiger partial charge in [0.2, 0.25) is 5.95 Å². The smallest absolute Gasteiger partial charge is 0.232 e. The minimum absolute atomic E-state index is 0.453. The number of thiocarbonyl (C=S) groups is 1. The van der Waals surface area contributed by atoms with Gasteiger partial charge in [-0.3, -0.25) is 0 Å². The number of hydrogen-bond acceptors (Lipinski definition) is 5. The van der Waals surface area contributed by atoms with Gasteiger partial charge in [-0.2, -0.15) is 9.97 Å². The molecular weight excluding hydrogens is 428 g/mol. The van der Waals surface area contributed by atoms with Gasteiger partial charge in [0.05, 0.1) is 0 Å². The molecule has 3 aromatic rings. The first-order valence-corrected chi connectivity index (χ1v) is 12.2. The fourth-order valence-electron chi connectivity index (χ4n) is 5.19. The van der Waals surface area contributed by atoms with Gasteiger partial charge in [-0.05, 0) is 47.3 Å². The molecule has 1 aromatic heterocycles. The van der Waals surface area contributed by atoms with Gasteiger partial charge in [0.15, 0.2) is 5.11 Å². The van der Waals surface area contributed by atoms with Crippen molar-refractivity contribution < 1.29 is 0 Å². The first-order valence-electron chi connectivity index (χ1n) is 11.8. The zero-order chi connectivity index (χ0) is 22.2. The third-order valence-electron chi connectivity index (χ3n) is 6.94. The number of anilines is 3. The monoisotopic (exact) mass is 456 g/mol. The van der Waals surface area contributed by atoms with Crippen molar-refractivity contribution in [1.29, 1.82) is 0 Å². The molecule has 7 heteroatoms. The van der Waals surface area contributed by atoms with E-state index in [1.54, 1.807) is 0 Å². The number of nitrogens with zero attached hydrogens (tertiary/aromatic N) is 4. The van der Waals surface area contributed by atoms with Gasteiger partial charge in [0.1, 0.15) is 11.6 Å². The van der Waals surface area contributed by atoms with Crippen LogP contribution >= 0.6 is 12.2 Å². The molecule has 1 fully saturated rings. The first-order chi connectivity index (χ1) is 16.2. The molecule has 2 N–H and O–H groups in total. The molecule has 1 saturated carbocycles. The van der Waals surface area contributed by atoms with E-state index in [2.05, 4.69) is 75.0 Å². The number of fused-ring (bicyclic) bond motifs is 2. The molecule has 0 amide bonds. The van der Waals surface area contributed by atoms with Gasteiger partial charge in [-0.1, -0.05) is 61.4 Å². The van der Waals surface area contributed by atoms with Crippen molar-refractivity contribution in [3.05, 3.63) is 76.9 Å². The third kappa shape index (κ3) is 4.25. The van der Waals surface area contributed by atoms with Crippen LogP contribution in [0.25, 0.3) is 0 Å². The highest BCUT2D eigenvalue weighted by Gasteiger charge is 2.25. The van der Waals surface area contributed by atoms with Crippen LogP contribution in [-0.2, 0) is 26.2 Å². The summed E-state index contributed by atoms with van der Waals surface area (Å²) < 4.78 is 0. The Morgan fingerprint density at radius 1 is 0.758 bits per heavy atom. The van der Waals surface area contributed by atoms with Gasteiger partial charge in [0, 0.05) is 38.3 Å². The van der Waals surface area contributed by atoms with Crippen LogP contribution in [0.3, 0.4) is 0 Å². The van der Waals surface area contributed by atoms with Crippen LogP contribution in [0.5, 0.6) is 0 Å². The maximum absolute atomic E-state index is 5.61. The Morgan fingerprint density at radius 2 is 1.21 bits per heavy atom. The number of nitrogens with one attached hydrogen (secondary N) is 2. The molecule has 1 aliphatic carbocycles. The molecule has 0 atom stereocenters. The van der Waals surface area contributed by atoms with Crippen molar-refractivity contribution in [3.8, 4) is 0 Å². The van der Waals surface area contributed by atoms with E-state index in [1.165, 1.54) is 47.9 Å². The van der Waals surface area contributed by atoms with Crippen molar-refractivity contribution in [2.75, 3.05) is 15.1 Å². The predicted molar refractivity (Wildman–Crippen MR) is 136 cm³/mol. The van der Waals surface area contributed by atoms with Gasteiger partial charge in [-0.25, -0.2) is 0 Å². The zero-order valence-corrected chi connectivity index (χ0v) is 19.4. The lowest BCUT2D eigenvalue weighted by Gasteiger charge is -2.23. The summed E-state index contributed by atoms with van der Waals surface area (Å²) in [5.41, 5.74) is 5.44. The van der Waals surface area contributed by atoms with Crippen molar-refractivity contribution in [2.45, 2.75) is 57.9 Å². The summed E-state index contributed by atoms with van der Waals surface area (Å²) in [4.78, 5) is 14.4. The Kier molecular flexibility index (Phi) is 5.34. The summed E-state index contributed by atoms with van der Waals surface area (Å²) in [5, 5.41) is 7.34. The topological polar surface area (TPSA) is 56.3 Å². The molecule has 3 heterocycles. The van der Waals surface area contributed by atoms with Crippen LogP contribution in [0.4, 0.5) is 17.6 Å². The van der Waals surface area contributed by atoms with Crippen LogP contribution in [0.1, 0.15) is 47.9 Å². The molecule has 2 aliphatic heterocycles. The van der Waals surface area contributed by atoms with E-state index in [-0.39, 0.29) is 0 Å². The first kappa shape index (κ1) is 20.4. The lowest BCUT2D eigenvalue weighted by atomic mass is 10.1. The summed E-state index contributed by atoms with van der Waals surface area (Å²) in [5.74, 6) is 2.42. The van der Waals surface area contributed by atoms with E-state index in [0.717, 1.165) is 37.8 Å². The molecule has 0 spiro atoms. The van der Waals surface area contributed by atoms with E-state index < -0.39 is 0 Å².